The van der Waals surface area contributed by atoms with Gasteiger partial charge in [-0.2, -0.15) is 10.2 Å². The van der Waals surface area contributed by atoms with Gasteiger partial charge >= 0.3 is 0 Å². The van der Waals surface area contributed by atoms with Crippen molar-refractivity contribution < 1.29 is 19.8 Å². The second-order valence-electron chi connectivity index (χ2n) is 6.70. The molecule has 144 valence electrons. The molecule has 3 N–H and O–H groups in total. The average Bonchev–Trinajstić information content (AvgIpc) is 3.09. The Kier molecular flexibility index (Phi) is 6.47. The van der Waals surface area contributed by atoms with E-state index < -0.39 is 5.91 Å². The number of oxime groups is 1. The summed E-state index contributed by atoms with van der Waals surface area (Å²) in [7, 11) is 0. The lowest BCUT2D eigenvalue weighted by molar-refractivity contribution is -0.125. The maximum Gasteiger partial charge on any atom is 0.280 e. The van der Waals surface area contributed by atoms with Crippen LogP contribution < -0.4 is 5.43 Å². The van der Waals surface area contributed by atoms with Crippen LogP contribution in [0.2, 0.25) is 0 Å². The molecule has 0 fully saturated rings. The zero-order chi connectivity index (χ0) is 19.9. The second-order valence-corrected chi connectivity index (χ2v) is 6.70. The first-order valence-electron chi connectivity index (χ1n) is 8.11. The van der Waals surface area contributed by atoms with E-state index in [0.29, 0.717) is 17.8 Å². The van der Waals surface area contributed by atoms with Crippen LogP contribution in [-0.4, -0.2) is 49.4 Å². The summed E-state index contributed by atoms with van der Waals surface area (Å²) < 4.78 is 1.62. The predicted octanol–water partition coefficient (Wildman–Crippen LogP) is 1.26. The molecule has 1 aromatic heterocycles. The molecule has 1 amide bonds. The van der Waals surface area contributed by atoms with Crippen molar-refractivity contribution in [2.24, 2.45) is 15.7 Å². The molecule has 10 heteroatoms. The van der Waals surface area contributed by atoms with Crippen LogP contribution in [0.5, 0.6) is 11.5 Å². The molecule has 0 bridgehead atoms. The van der Waals surface area contributed by atoms with Gasteiger partial charge in [0.05, 0.1) is 18.5 Å². The van der Waals surface area contributed by atoms with Crippen LogP contribution in [0.25, 0.3) is 0 Å². The lowest BCUT2D eigenvalue weighted by atomic mass is 9.90. The maximum atomic E-state index is 11.8. The van der Waals surface area contributed by atoms with E-state index >= 15 is 0 Å². The van der Waals surface area contributed by atoms with Gasteiger partial charge < -0.3 is 15.1 Å². The van der Waals surface area contributed by atoms with Crippen molar-refractivity contribution >= 4 is 17.8 Å². The fraction of sp³-hybridized carbons (Fsp3) is 0.353. The highest BCUT2D eigenvalue weighted by atomic mass is 16.6. The van der Waals surface area contributed by atoms with E-state index in [9.17, 15) is 15.0 Å². The molecule has 0 aliphatic rings. The van der Waals surface area contributed by atoms with Gasteiger partial charge in [-0.15, -0.1) is 0 Å². The molecule has 1 aromatic carbocycles. The Morgan fingerprint density at radius 3 is 2.74 bits per heavy atom. The Morgan fingerprint density at radius 2 is 2.11 bits per heavy atom. The summed E-state index contributed by atoms with van der Waals surface area (Å²) in [5.74, 6) is -1.000. The van der Waals surface area contributed by atoms with Crippen LogP contribution in [0.15, 0.2) is 41.1 Å². The SMILES string of the molecule is CC(C)(C)/C(Cn1cncn1)=N/OCC(=O)N/N=C/c1ccc(O)c(O)c1. The number of benzene rings is 1. The van der Waals surface area contributed by atoms with Crippen LogP contribution in [0, 0.1) is 5.41 Å². The third-order valence-corrected chi connectivity index (χ3v) is 3.42. The molecule has 0 aliphatic heterocycles. The molecular weight excluding hydrogens is 352 g/mol. The van der Waals surface area contributed by atoms with Crippen LogP contribution in [0.4, 0.5) is 0 Å². The Balaban J connectivity index is 1.86. The first-order chi connectivity index (χ1) is 12.8. The average molecular weight is 374 g/mol. The number of hydrogen-bond acceptors (Lipinski definition) is 8. The normalized spacial score (nSPS) is 12.3. The molecular formula is C17H22N6O4. The summed E-state index contributed by atoms with van der Waals surface area (Å²) in [6.07, 6.45) is 4.33. The number of hydrogen-bond donors (Lipinski definition) is 3. The number of phenols is 2. The van der Waals surface area contributed by atoms with E-state index in [1.165, 1.54) is 30.7 Å². The molecule has 27 heavy (non-hydrogen) atoms. The Hall–Kier alpha value is -3.43. The molecule has 0 aliphatic carbocycles. The number of amides is 1. The van der Waals surface area contributed by atoms with Crippen LogP contribution in [-0.2, 0) is 16.2 Å². The topological polar surface area (TPSA) is 134 Å². The lowest BCUT2D eigenvalue weighted by Crippen LogP contribution is -2.27. The molecule has 2 rings (SSSR count). The number of phenolic OH excluding ortho intramolecular Hbond substituents is 2. The van der Waals surface area contributed by atoms with Gasteiger partial charge in [0.1, 0.15) is 12.7 Å². The molecule has 10 nitrogen and oxygen atoms in total. The summed E-state index contributed by atoms with van der Waals surface area (Å²) in [4.78, 5) is 20.8. The number of aromatic hydroxyl groups is 2. The summed E-state index contributed by atoms with van der Waals surface area (Å²) in [6.45, 7) is 6.01. The van der Waals surface area contributed by atoms with Gasteiger partial charge in [0.2, 0.25) is 0 Å². The summed E-state index contributed by atoms with van der Waals surface area (Å²) in [5, 5.41) is 30.5. The zero-order valence-electron chi connectivity index (χ0n) is 15.3. The number of aromatic nitrogens is 3. The van der Waals surface area contributed by atoms with Gasteiger partial charge in [0, 0.05) is 5.41 Å². The minimum Gasteiger partial charge on any atom is -0.504 e. The van der Waals surface area contributed by atoms with Gasteiger partial charge in [-0.05, 0) is 23.8 Å². The quantitative estimate of drug-likeness (QED) is 0.379. The van der Waals surface area contributed by atoms with Gasteiger partial charge in [-0.1, -0.05) is 25.9 Å². The fourth-order valence-corrected chi connectivity index (χ4v) is 1.87. The van der Waals surface area contributed by atoms with Crippen molar-refractivity contribution in [3.8, 4) is 11.5 Å². The van der Waals surface area contributed by atoms with Gasteiger partial charge in [0.25, 0.3) is 5.91 Å². The molecule has 2 aromatic rings. The minimum absolute atomic E-state index is 0.233. The number of carbonyl (C=O) groups excluding carboxylic acids is 1. The summed E-state index contributed by atoms with van der Waals surface area (Å²) in [6, 6.07) is 4.16. The van der Waals surface area contributed by atoms with Crippen molar-refractivity contribution in [2.75, 3.05) is 6.61 Å². The molecule has 1 heterocycles. The molecule has 0 atom stereocenters. The number of rotatable bonds is 7. The molecule has 0 saturated carbocycles. The van der Waals surface area contributed by atoms with E-state index in [-0.39, 0.29) is 23.5 Å². The van der Waals surface area contributed by atoms with Crippen LogP contribution in [0.3, 0.4) is 0 Å². The highest BCUT2D eigenvalue weighted by Crippen LogP contribution is 2.23. The molecule has 0 spiro atoms. The smallest absolute Gasteiger partial charge is 0.280 e. The standard InChI is InChI=1S/C17H22N6O4/c1-17(2,3)15(8-23-11-18-10-20-23)22-27-9-16(26)21-19-7-12-4-5-13(24)14(25)6-12/h4-7,10-11,24-25H,8-9H2,1-3H3,(H,21,26)/b19-7+,22-15+. The van der Waals surface area contributed by atoms with E-state index in [2.05, 4.69) is 25.8 Å². The summed E-state index contributed by atoms with van der Waals surface area (Å²) in [5.41, 5.74) is 3.22. The molecule has 0 radical (unpaired) electrons. The molecule has 0 saturated heterocycles. The Bertz CT molecular complexity index is 824. The molecule has 0 unspecified atom stereocenters. The lowest BCUT2D eigenvalue weighted by Gasteiger charge is -2.20. The van der Waals surface area contributed by atoms with Gasteiger partial charge in [-0.25, -0.2) is 15.1 Å². The number of nitrogens with one attached hydrogen (secondary N) is 1. The zero-order valence-corrected chi connectivity index (χ0v) is 15.3. The summed E-state index contributed by atoms with van der Waals surface area (Å²) >= 11 is 0. The minimum atomic E-state index is -0.494. The van der Waals surface area contributed by atoms with Gasteiger partial charge in [0.15, 0.2) is 18.1 Å². The van der Waals surface area contributed by atoms with Gasteiger partial charge in [-0.3, -0.25) is 4.79 Å². The fourth-order valence-electron chi connectivity index (χ4n) is 1.87. The van der Waals surface area contributed by atoms with E-state index in [1.807, 2.05) is 20.8 Å². The van der Waals surface area contributed by atoms with E-state index in [1.54, 1.807) is 11.0 Å². The van der Waals surface area contributed by atoms with E-state index in [0.717, 1.165) is 0 Å². The number of nitrogens with zero attached hydrogens (tertiary/aromatic N) is 5. The third-order valence-electron chi connectivity index (χ3n) is 3.42. The van der Waals surface area contributed by atoms with Crippen molar-refractivity contribution in [2.45, 2.75) is 27.3 Å². The van der Waals surface area contributed by atoms with Crippen molar-refractivity contribution in [1.82, 2.24) is 20.2 Å². The third kappa shape index (κ3) is 6.42. The van der Waals surface area contributed by atoms with Crippen LogP contribution in [0.1, 0.15) is 26.3 Å². The maximum absolute atomic E-state index is 11.8. The monoisotopic (exact) mass is 374 g/mol. The Morgan fingerprint density at radius 1 is 1.33 bits per heavy atom. The highest BCUT2D eigenvalue weighted by molar-refractivity contribution is 5.88. The number of hydrazone groups is 1. The number of carbonyl (C=O) groups is 1. The van der Waals surface area contributed by atoms with Crippen LogP contribution >= 0.6 is 0 Å². The van der Waals surface area contributed by atoms with E-state index in [4.69, 9.17) is 4.84 Å². The largest absolute Gasteiger partial charge is 0.504 e. The second kappa shape index (κ2) is 8.79. The first-order valence-corrected chi connectivity index (χ1v) is 8.11. The first kappa shape index (κ1) is 19.9. The predicted molar refractivity (Wildman–Crippen MR) is 98.4 cm³/mol. The highest BCUT2D eigenvalue weighted by Gasteiger charge is 2.21. The van der Waals surface area contributed by atoms with Crippen molar-refractivity contribution in [3.05, 3.63) is 36.4 Å². The van der Waals surface area contributed by atoms with Crippen molar-refractivity contribution in [1.29, 1.82) is 0 Å². The van der Waals surface area contributed by atoms with Crippen molar-refractivity contribution in [3.63, 3.8) is 0 Å². The Labute approximate surface area is 156 Å².